The number of halogens is 1. The van der Waals surface area contributed by atoms with Gasteiger partial charge in [0.1, 0.15) is 17.2 Å². The first-order valence-corrected chi connectivity index (χ1v) is 10.2. The van der Waals surface area contributed by atoms with Gasteiger partial charge in [0, 0.05) is 10.1 Å². The quantitative estimate of drug-likeness (QED) is 0.524. The summed E-state index contributed by atoms with van der Waals surface area (Å²) in [4.78, 5) is 48.4. The smallest absolute Gasteiger partial charge is 0.325 e. The largest absolute Gasteiger partial charge is 0.496 e. The molecular formula is C21H17ClN2O6S. The van der Waals surface area contributed by atoms with Crippen LogP contribution in [0, 0.1) is 0 Å². The fourth-order valence-electron chi connectivity index (χ4n) is 2.65. The van der Waals surface area contributed by atoms with Crippen molar-refractivity contribution in [3.8, 4) is 5.75 Å². The van der Waals surface area contributed by atoms with Crippen molar-refractivity contribution in [1.29, 1.82) is 0 Å². The molecule has 0 unspecified atom stereocenters. The van der Waals surface area contributed by atoms with Crippen molar-refractivity contribution in [2.75, 3.05) is 20.3 Å². The SMILES string of the molecule is COc1ccccc1C(=O)NC(=O)COC(=O)CNC(=O)c1sc2ccccc2c1Cl. The van der Waals surface area contributed by atoms with Crippen molar-refractivity contribution in [2.24, 2.45) is 0 Å². The first-order valence-electron chi connectivity index (χ1n) is 8.98. The Kier molecular flexibility index (Phi) is 7.22. The molecule has 10 heteroatoms. The molecule has 1 aromatic heterocycles. The number of imide groups is 1. The van der Waals surface area contributed by atoms with Crippen molar-refractivity contribution in [3.63, 3.8) is 0 Å². The maximum Gasteiger partial charge on any atom is 0.325 e. The van der Waals surface area contributed by atoms with E-state index in [-0.39, 0.29) is 10.4 Å². The Morgan fingerprint density at radius 1 is 1.00 bits per heavy atom. The van der Waals surface area contributed by atoms with Gasteiger partial charge in [0.25, 0.3) is 17.7 Å². The summed E-state index contributed by atoms with van der Waals surface area (Å²) < 4.78 is 10.7. The lowest BCUT2D eigenvalue weighted by molar-refractivity contribution is -0.147. The molecule has 160 valence electrons. The van der Waals surface area contributed by atoms with Crippen LogP contribution >= 0.6 is 22.9 Å². The molecule has 0 spiro atoms. The zero-order valence-corrected chi connectivity index (χ0v) is 17.8. The second-order valence-corrected chi connectivity index (χ2v) is 7.59. The van der Waals surface area contributed by atoms with E-state index in [9.17, 15) is 19.2 Å². The summed E-state index contributed by atoms with van der Waals surface area (Å²) in [5.74, 6) is -2.58. The van der Waals surface area contributed by atoms with Crippen LogP contribution in [0.3, 0.4) is 0 Å². The molecule has 3 rings (SSSR count). The normalized spacial score (nSPS) is 10.4. The van der Waals surface area contributed by atoms with E-state index in [1.165, 1.54) is 24.5 Å². The van der Waals surface area contributed by atoms with Gasteiger partial charge in [-0.1, -0.05) is 41.9 Å². The molecule has 1 heterocycles. The summed E-state index contributed by atoms with van der Waals surface area (Å²) >= 11 is 7.43. The van der Waals surface area contributed by atoms with Crippen LogP contribution in [-0.4, -0.2) is 44.0 Å². The van der Waals surface area contributed by atoms with Gasteiger partial charge in [0.15, 0.2) is 6.61 Å². The number of carbonyl (C=O) groups is 4. The number of thiophene rings is 1. The highest BCUT2D eigenvalue weighted by atomic mass is 35.5. The van der Waals surface area contributed by atoms with Gasteiger partial charge in [-0.3, -0.25) is 24.5 Å². The molecule has 0 fully saturated rings. The van der Waals surface area contributed by atoms with Gasteiger partial charge >= 0.3 is 5.97 Å². The van der Waals surface area contributed by atoms with E-state index in [0.717, 1.165) is 10.1 Å². The van der Waals surface area contributed by atoms with E-state index in [1.807, 2.05) is 18.2 Å². The van der Waals surface area contributed by atoms with Crippen molar-refractivity contribution in [3.05, 3.63) is 64.0 Å². The Labute approximate surface area is 186 Å². The van der Waals surface area contributed by atoms with Crippen LogP contribution in [-0.2, 0) is 14.3 Å². The van der Waals surface area contributed by atoms with Crippen molar-refractivity contribution in [2.45, 2.75) is 0 Å². The number of benzene rings is 2. The van der Waals surface area contributed by atoms with E-state index in [0.29, 0.717) is 10.8 Å². The minimum atomic E-state index is -0.842. The summed E-state index contributed by atoms with van der Waals surface area (Å²) in [5, 5.41) is 5.56. The maximum absolute atomic E-state index is 12.3. The molecule has 3 aromatic rings. The Morgan fingerprint density at radius 3 is 2.45 bits per heavy atom. The van der Waals surface area contributed by atoms with Gasteiger partial charge in [0.05, 0.1) is 17.7 Å². The van der Waals surface area contributed by atoms with Crippen LogP contribution in [0.2, 0.25) is 5.02 Å². The van der Waals surface area contributed by atoms with Crippen LogP contribution in [0.25, 0.3) is 10.1 Å². The van der Waals surface area contributed by atoms with E-state index < -0.39 is 36.8 Å². The van der Waals surface area contributed by atoms with Crippen LogP contribution in [0.5, 0.6) is 5.75 Å². The molecule has 2 aromatic carbocycles. The first-order chi connectivity index (χ1) is 14.9. The Morgan fingerprint density at radius 2 is 1.71 bits per heavy atom. The number of nitrogens with one attached hydrogen (secondary N) is 2. The summed E-state index contributed by atoms with van der Waals surface area (Å²) in [6.07, 6.45) is 0. The third kappa shape index (κ3) is 5.39. The Balaban J connectivity index is 1.47. The van der Waals surface area contributed by atoms with Crippen LogP contribution in [0.4, 0.5) is 0 Å². The van der Waals surface area contributed by atoms with E-state index in [2.05, 4.69) is 10.6 Å². The highest BCUT2D eigenvalue weighted by Crippen LogP contribution is 2.34. The summed E-state index contributed by atoms with van der Waals surface area (Å²) in [5.41, 5.74) is 0.164. The van der Waals surface area contributed by atoms with E-state index >= 15 is 0 Å². The lowest BCUT2D eigenvalue weighted by atomic mass is 10.2. The van der Waals surface area contributed by atoms with Gasteiger partial charge in [-0.2, -0.15) is 0 Å². The lowest BCUT2D eigenvalue weighted by Crippen LogP contribution is -2.36. The van der Waals surface area contributed by atoms with Gasteiger partial charge in [-0.15, -0.1) is 11.3 Å². The third-order valence-corrected chi connectivity index (χ3v) is 5.78. The Bertz CT molecular complexity index is 1160. The monoisotopic (exact) mass is 460 g/mol. The lowest BCUT2D eigenvalue weighted by Gasteiger charge is -2.09. The van der Waals surface area contributed by atoms with E-state index in [4.69, 9.17) is 21.1 Å². The number of methoxy groups -OCH3 is 1. The third-order valence-electron chi connectivity index (χ3n) is 4.10. The molecule has 8 nitrogen and oxygen atoms in total. The molecule has 0 radical (unpaired) electrons. The number of hydrogen-bond donors (Lipinski definition) is 2. The summed E-state index contributed by atoms with van der Waals surface area (Å²) in [6.45, 7) is -1.14. The van der Waals surface area contributed by atoms with E-state index in [1.54, 1.807) is 24.3 Å². The number of para-hydroxylation sites is 1. The number of esters is 1. The molecule has 31 heavy (non-hydrogen) atoms. The molecular weight excluding hydrogens is 444 g/mol. The number of ether oxygens (including phenoxy) is 2. The topological polar surface area (TPSA) is 111 Å². The van der Waals surface area contributed by atoms with Gasteiger partial charge in [-0.05, 0) is 18.2 Å². The van der Waals surface area contributed by atoms with Crippen molar-refractivity contribution < 1.29 is 28.7 Å². The van der Waals surface area contributed by atoms with Crippen LogP contribution in [0.15, 0.2) is 48.5 Å². The molecule has 3 amide bonds. The predicted octanol–water partition coefficient (Wildman–Crippen LogP) is 2.79. The average molecular weight is 461 g/mol. The molecule has 2 N–H and O–H groups in total. The highest BCUT2D eigenvalue weighted by molar-refractivity contribution is 7.21. The fourth-order valence-corrected chi connectivity index (χ4v) is 4.09. The van der Waals surface area contributed by atoms with Crippen LogP contribution in [0.1, 0.15) is 20.0 Å². The standard InChI is InChI=1S/C21H17ClN2O6S/c1-29-14-8-4-2-6-12(14)20(27)24-16(25)11-30-17(26)10-23-21(28)19-18(22)13-7-3-5-9-15(13)31-19/h2-9H,10-11H2,1H3,(H,23,28)(H,24,25,27). The zero-order chi connectivity index (χ0) is 22.4. The second kappa shape index (κ2) is 10.1. The van der Waals surface area contributed by atoms with Gasteiger partial charge in [-0.25, -0.2) is 0 Å². The van der Waals surface area contributed by atoms with Crippen molar-refractivity contribution in [1.82, 2.24) is 10.6 Å². The molecule has 0 aliphatic heterocycles. The summed E-state index contributed by atoms with van der Waals surface area (Å²) in [7, 11) is 1.40. The molecule has 0 bridgehead atoms. The molecule has 0 atom stereocenters. The number of amides is 3. The minimum absolute atomic E-state index is 0.164. The zero-order valence-electron chi connectivity index (χ0n) is 16.3. The number of rotatable bonds is 7. The van der Waals surface area contributed by atoms with Gasteiger partial charge < -0.3 is 14.8 Å². The molecule has 0 aliphatic carbocycles. The average Bonchev–Trinajstić information content (AvgIpc) is 3.12. The highest BCUT2D eigenvalue weighted by Gasteiger charge is 2.19. The predicted molar refractivity (Wildman–Crippen MR) is 116 cm³/mol. The Hall–Kier alpha value is -3.43. The summed E-state index contributed by atoms with van der Waals surface area (Å²) in [6, 6.07) is 13.6. The van der Waals surface area contributed by atoms with Crippen molar-refractivity contribution >= 4 is 56.7 Å². The fraction of sp³-hybridized carbons (Fsp3) is 0.143. The first kappa shape index (κ1) is 22.3. The van der Waals surface area contributed by atoms with Gasteiger partial charge in [0.2, 0.25) is 0 Å². The second-order valence-electron chi connectivity index (χ2n) is 6.16. The molecule has 0 saturated carbocycles. The molecule has 0 saturated heterocycles. The molecule has 0 aliphatic rings. The minimum Gasteiger partial charge on any atom is -0.496 e. The number of hydrogen-bond acceptors (Lipinski definition) is 7. The number of fused-ring (bicyclic) bond motifs is 1. The maximum atomic E-state index is 12.3. The number of carbonyl (C=O) groups excluding carboxylic acids is 4. The van der Waals surface area contributed by atoms with Crippen LogP contribution < -0.4 is 15.4 Å².